The Morgan fingerprint density at radius 3 is 2.34 bits per heavy atom. The molecule has 3 heterocycles. The number of amides is 2. The van der Waals surface area contributed by atoms with Crippen molar-refractivity contribution in [3.05, 3.63) is 82.1 Å². The lowest BCUT2D eigenvalue weighted by atomic mass is 10.0. The number of carbonyl (C=O) groups is 2. The van der Waals surface area contributed by atoms with E-state index in [0.29, 0.717) is 49.9 Å². The highest BCUT2D eigenvalue weighted by atomic mass is 35.5. The molecular weight excluding hydrogens is 462 g/mol. The van der Waals surface area contributed by atoms with Crippen LogP contribution in [0.1, 0.15) is 34.2 Å². The van der Waals surface area contributed by atoms with Gasteiger partial charge >= 0.3 is 0 Å². The van der Waals surface area contributed by atoms with Crippen molar-refractivity contribution in [2.45, 2.75) is 32.9 Å². The first kappa shape index (κ1) is 23.4. The maximum absolute atomic E-state index is 13.6. The number of carbonyl (C=O) groups excluding carboxylic acids is 2. The molecule has 182 valence electrons. The van der Waals surface area contributed by atoms with Crippen molar-refractivity contribution in [3.8, 4) is 0 Å². The average Bonchev–Trinajstić information content (AvgIpc) is 3.28. The van der Waals surface area contributed by atoms with Gasteiger partial charge in [-0.3, -0.25) is 14.3 Å². The Morgan fingerprint density at radius 1 is 0.914 bits per heavy atom. The predicted molar refractivity (Wildman–Crippen MR) is 137 cm³/mol. The Bertz CT molecular complexity index is 1220. The van der Waals surface area contributed by atoms with Gasteiger partial charge in [0.15, 0.2) is 5.69 Å². The van der Waals surface area contributed by atoms with E-state index in [1.807, 2.05) is 57.8 Å². The van der Waals surface area contributed by atoms with E-state index >= 15 is 0 Å². The fourth-order valence-corrected chi connectivity index (χ4v) is 5.21. The average molecular weight is 492 g/mol. The van der Waals surface area contributed by atoms with Crippen LogP contribution in [0.3, 0.4) is 0 Å². The summed E-state index contributed by atoms with van der Waals surface area (Å²) in [5.41, 5.74) is 4.45. The molecule has 3 aromatic rings. The number of aromatic nitrogens is 2. The Morgan fingerprint density at radius 2 is 1.63 bits per heavy atom. The van der Waals surface area contributed by atoms with E-state index in [1.165, 1.54) is 5.69 Å². The van der Waals surface area contributed by atoms with Gasteiger partial charge in [-0.05, 0) is 30.7 Å². The van der Waals surface area contributed by atoms with Gasteiger partial charge in [-0.1, -0.05) is 48.0 Å². The van der Waals surface area contributed by atoms with Gasteiger partial charge in [-0.2, -0.15) is 5.10 Å². The molecule has 2 aromatic carbocycles. The molecule has 0 radical (unpaired) electrons. The second-order valence-electron chi connectivity index (χ2n) is 9.04. The van der Waals surface area contributed by atoms with Crippen molar-refractivity contribution in [1.82, 2.24) is 19.6 Å². The van der Waals surface area contributed by atoms with Crippen LogP contribution in [0.15, 0.2) is 54.6 Å². The molecule has 7 nitrogen and oxygen atoms in total. The van der Waals surface area contributed by atoms with Gasteiger partial charge in [0.2, 0.25) is 5.91 Å². The lowest BCUT2D eigenvalue weighted by Gasteiger charge is -2.36. The van der Waals surface area contributed by atoms with Crippen molar-refractivity contribution in [2.24, 2.45) is 0 Å². The number of benzene rings is 2. The Hall–Kier alpha value is -3.32. The number of piperazine rings is 1. The fourth-order valence-electron chi connectivity index (χ4n) is 5.01. The minimum atomic E-state index is -0.0402. The molecule has 0 atom stereocenters. The summed E-state index contributed by atoms with van der Waals surface area (Å²) >= 11 is 6.27. The second kappa shape index (κ2) is 10.1. The van der Waals surface area contributed by atoms with Crippen LogP contribution in [-0.2, 0) is 30.7 Å². The van der Waals surface area contributed by atoms with Crippen LogP contribution < -0.4 is 4.90 Å². The minimum absolute atomic E-state index is 0.0165. The number of rotatable bonds is 5. The van der Waals surface area contributed by atoms with Crippen molar-refractivity contribution < 1.29 is 9.59 Å². The second-order valence-corrected chi connectivity index (χ2v) is 9.45. The number of hydrogen-bond acceptors (Lipinski definition) is 4. The smallest absolute Gasteiger partial charge is 0.274 e. The summed E-state index contributed by atoms with van der Waals surface area (Å²) in [7, 11) is 0. The molecule has 2 amide bonds. The number of aryl methyl sites for hydroxylation is 1. The molecule has 1 aromatic heterocycles. The van der Waals surface area contributed by atoms with E-state index in [4.69, 9.17) is 16.7 Å². The van der Waals surface area contributed by atoms with Crippen LogP contribution in [-0.4, -0.2) is 64.1 Å². The molecular formula is C27H30ClN5O2. The van der Waals surface area contributed by atoms with E-state index in [-0.39, 0.29) is 18.2 Å². The number of nitrogens with zero attached hydrogens (tertiary/aromatic N) is 5. The zero-order valence-electron chi connectivity index (χ0n) is 20.0. The van der Waals surface area contributed by atoms with Crippen LogP contribution in [0, 0.1) is 0 Å². The standard InChI is InChI=1S/C27H30ClN5O2/c1-2-33-24-12-13-32(25(34)18-20-8-6-7-11-23(20)28)19-22(24)26(29-33)27(35)31-16-14-30(15-17-31)21-9-4-3-5-10-21/h3-11H,2,12-19H2,1H3. The maximum Gasteiger partial charge on any atom is 0.274 e. The van der Waals surface area contributed by atoms with Crippen LogP contribution in [0.25, 0.3) is 0 Å². The SMILES string of the molecule is CCn1nc(C(=O)N2CCN(c3ccccc3)CC2)c2c1CCN(C(=O)Cc1ccccc1Cl)C2. The highest BCUT2D eigenvalue weighted by Gasteiger charge is 2.32. The number of hydrogen-bond donors (Lipinski definition) is 0. The third kappa shape index (κ3) is 4.78. The van der Waals surface area contributed by atoms with E-state index in [1.54, 1.807) is 6.07 Å². The zero-order chi connectivity index (χ0) is 24.4. The third-order valence-electron chi connectivity index (χ3n) is 6.98. The van der Waals surface area contributed by atoms with Crippen molar-refractivity contribution in [2.75, 3.05) is 37.6 Å². The number of halogens is 1. The highest BCUT2D eigenvalue weighted by molar-refractivity contribution is 6.31. The highest BCUT2D eigenvalue weighted by Crippen LogP contribution is 2.26. The van der Waals surface area contributed by atoms with E-state index in [2.05, 4.69) is 17.0 Å². The lowest BCUT2D eigenvalue weighted by Crippen LogP contribution is -2.49. The number of fused-ring (bicyclic) bond motifs is 1. The largest absolute Gasteiger partial charge is 0.368 e. The normalized spacial score (nSPS) is 15.8. The van der Waals surface area contributed by atoms with Gasteiger partial charge in [-0.25, -0.2) is 0 Å². The van der Waals surface area contributed by atoms with Crippen molar-refractivity contribution in [3.63, 3.8) is 0 Å². The van der Waals surface area contributed by atoms with Gasteiger partial charge < -0.3 is 14.7 Å². The Labute approximate surface area is 210 Å². The summed E-state index contributed by atoms with van der Waals surface area (Å²) in [6, 6.07) is 17.7. The third-order valence-corrected chi connectivity index (χ3v) is 7.35. The summed E-state index contributed by atoms with van der Waals surface area (Å²) in [6.45, 7) is 6.63. The van der Waals surface area contributed by atoms with Crippen LogP contribution >= 0.6 is 11.6 Å². The first-order chi connectivity index (χ1) is 17.0. The fraction of sp³-hybridized carbons (Fsp3) is 0.370. The maximum atomic E-state index is 13.6. The predicted octanol–water partition coefficient (Wildman–Crippen LogP) is 3.65. The molecule has 0 unspecified atom stereocenters. The van der Waals surface area contributed by atoms with Crippen LogP contribution in [0.5, 0.6) is 0 Å². The van der Waals surface area contributed by atoms with E-state index in [0.717, 1.165) is 29.9 Å². The van der Waals surface area contributed by atoms with Gasteiger partial charge in [0, 0.05) is 74.2 Å². The summed E-state index contributed by atoms with van der Waals surface area (Å²) in [5.74, 6) is -0.0237. The lowest BCUT2D eigenvalue weighted by molar-refractivity contribution is -0.131. The zero-order valence-corrected chi connectivity index (χ0v) is 20.7. The van der Waals surface area contributed by atoms with Crippen molar-refractivity contribution in [1.29, 1.82) is 0 Å². The van der Waals surface area contributed by atoms with Gasteiger partial charge in [-0.15, -0.1) is 0 Å². The number of anilines is 1. The molecule has 8 heteroatoms. The molecule has 35 heavy (non-hydrogen) atoms. The molecule has 0 bridgehead atoms. The van der Waals surface area contributed by atoms with E-state index < -0.39 is 0 Å². The number of para-hydroxylation sites is 1. The summed E-state index contributed by atoms with van der Waals surface area (Å²) in [6.07, 6.45) is 0.946. The molecule has 0 N–H and O–H groups in total. The monoisotopic (exact) mass is 491 g/mol. The van der Waals surface area contributed by atoms with Gasteiger partial charge in [0.1, 0.15) is 0 Å². The molecule has 1 fully saturated rings. The first-order valence-electron chi connectivity index (χ1n) is 12.2. The van der Waals surface area contributed by atoms with Crippen LogP contribution in [0.2, 0.25) is 5.02 Å². The molecule has 1 saturated heterocycles. The summed E-state index contributed by atoms with van der Waals surface area (Å²) in [4.78, 5) is 32.7. The van der Waals surface area contributed by atoms with Crippen molar-refractivity contribution >= 4 is 29.1 Å². The van der Waals surface area contributed by atoms with Gasteiger partial charge in [0.25, 0.3) is 5.91 Å². The minimum Gasteiger partial charge on any atom is -0.368 e. The van der Waals surface area contributed by atoms with E-state index in [9.17, 15) is 9.59 Å². The Balaban J connectivity index is 1.31. The van der Waals surface area contributed by atoms with Crippen LogP contribution in [0.4, 0.5) is 5.69 Å². The Kier molecular flexibility index (Phi) is 6.77. The first-order valence-corrected chi connectivity index (χ1v) is 12.6. The molecule has 2 aliphatic heterocycles. The summed E-state index contributed by atoms with van der Waals surface area (Å²) in [5, 5.41) is 5.31. The topological polar surface area (TPSA) is 61.7 Å². The summed E-state index contributed by atoms with van der Waals surface area (Å²) < 4.78 is 1.93. The van der Waals surface area contributed by atoms with Gasteiger partial charge in [0.05, 0.1) is 6.42 Å². The molecule has 0 saturated carbocycles. The molecule has 2 aliphatic rings. The molecule has 0 aliphatic carbocycles. The quantitative estimate of drug-likeness (QED) is 0.546. The molecule has 0 spiro atoms. The molecule has 5 rings (SSSR count).